The van der Waals surface area contributed by atoms with Gasteiger partial charge in [-0.1, -0.05) is 30.3 Å². The summed E-state index contributed by atoms with van der Waals surface area (Å²) in [6.45, 7) is 5.30. The van der Waals surface area contributed by atoms with Gasteiger partial charge in [-0.2, -0.15) is 0 Å². The summed E-state index contributed by atoms with van der Waals surface area (Å²) in [5.41, 5.74) is 6.77. The van der Waals surface area contributed by atoms with Crippen molar-refractivity contribution < 1.29 is 4.79 Å². The van der Waals surface area contributed by atoms with Gasteiger partial charge in [0.15, 0.2) is 0 Å². The van der Waals surface area contributed by atoms with Gasteiger partial charge in [0.05, 0.1) is 0 Å². The molecule has 0 radical (unpaired) electrons. The molecule has 0 spiro atoms. The van der Waals surface area contributed by atoms with E-state index in [9.17, 15) is 4.79 Å². The minimum atomic E-state index is -0.101. The number of carbonyl (C=O) groups is 1. The number of anilines is 1. The van der Waals surface area contributed by atoms with Crippen LogP contribution in [0.25, 0.3) is 33.1 Å². The van der Waals surface area contributed by atoms with Crippen molar-refractivity contribution in [2.75, 3.05) is 38.5 Å². The maximum Gasteiger partial charge on any atom is 0.255 e. The number of hydrogen-bond donors (Lipinski definition) is 2. The second kappa shape index (κ2) is 9.57. The summed E-state index contributed by atoms with van der Waals surface area (Å²) in [6.07, 6.45) is 1.80. The Labute approximate surface area is 210 Å². The van der Waals surface area contributed by atoms with Crippen molar-refractivity contribution in [2.24, 2.45) is 0 Å². The highest BCUT2D eigenvalue weighted by Gasteiger charge is 2.14. The molecule has 3 heterocycles. The number of nitrogens with one attached hydrogen (secondary N) is 2. The van der Waals surface area contributed by atoms with E-state index in [1.54, 1.807) is 6.20 Å². The zero-order chi connectivity index (χ0) is 24.5. The predicted molar refractivity (Wildman–Crippen MR) is 146 cm³/mol. The summed E-state index contributed by atoms with van der Waals surface area (Å²) >= 11 is 0. The number of rotatable bonds is 5. The molecule has 2 N–H and O–H groups in total. The number of piperazine rings is 1. The van der Waals surface area contributed by atoms with Gasteiger partial charge in [0, 0.05) is 66.5 Å². The molecule has 6 nitrogen and oxygen atoms in total. The van der Waals surface area contributed by atoms with Crippen LogP contribution in [-0.4, -0.2) is 58.9 Å². The molecule has 6 heteroatoms. The van der Waals surface area contributed by atoms with Crippen LogP contribution >= 0.6 is 0 Å². The average Bonchev–Trinajstić information content (AvgIpc) is 3.28. The molecule has 0 aliphatic carbocycles. The van der Waals surface area contributed by atoms with Crippen LogP contribution in [-0.2, 0) is 6.54 Å². The molecule has 0 saturated carbocycles. The lowest BCUT2D eigenvalue weighted by molar-refractivity contribution is 0.102. The Morgan fingerprint density at radius 3 is 2.53 bits per heavy atom. The number of amides is 1. The minimum absolute atomic E-state index is 0.101. The molecule has 1 saturated heterocycles. The van der Waals surface area contributed by atoms with Crippen molar-refractivity contribution in [1.29, 1.82) is 0 Å². The number of carbonyl (C=O) groups excluding carboxylic acids is 1. The third kappa shape index (κ3) is 4.61. The molecular weight excluding hydrogens is 446 g/mol. The minimum Gasteiger partial charge on any atom is -0.339 e. The van der Waals surface area contributed by atoms with Crippen LogP contribution in [0.2, 0.25) is 0 Å². The number of hydrogen-bond acceptors (Lipinski definition) is 4. The number of likely N-dealkylation sites (N-methyl/N-ethyl adjacent to an activating group) is 1. The smallest absolute Gasteiger partial charge is 0.255 e. The molecule has 1 amide bonds. The Balaban J connectivity index is 1.17. The molecule has 0 atom stereocenters. The van der Waals surface area contributed by atoms with Crippen molar-refractivity contribution in [3.05, 3.63) is 96.2 Å². The van der Waals surface area contributed by atoms with Gasteiger partial charge < -0.3 is 15.2 Å². The summed E-state index contributed by atoms with van der Waals surface area (Å²) < 4.78 is 0. The molecule has 2 aromatic heterocycles. The van der Waals surface area contributed by atoms with Gasteiger partial charge in [0.25, 0.3) is 5.91 Å². The van der Waals surface area contributed by atoms with E-state index in [4.69, 9.17) is 0 Å². The first-order valence-corrected chi connectivity index (χ1v) is 12.4. The lowest BCUT2D eigenvalue weighted by Crippen LogP contribution is -2.43. The monoisotopic (exact) mass is 475 g/mol. The van der Waals surface area contributed by atoms with Gasteiger partial charge in [0.2, 0.25) is 0 Å². The van der Waals surface area contributed by atoms with Crippen LogP contribution in [0.15, 0.2) is 85.1 Å². The fraction of sp³-hybridized carbons (Fsp3) is 0.200. The highest BCUT2D eigenvalue weighted by molar-refractivity contribution is 6.07. The van der Waals surface area contributed by atoms with Crippen LogP contribution in [0.4, 0.5) is 5.69 Å². The Hall–Kier alpha value is -4.00. The SMILES string of the molecule is CN1CCN(Cc2ccc(C(=O)Nc3cccc(-c4ccc5[nH]c6ncccc6c5c4)c3)cc2)CC1. The molecule has 36 heavy (non-hydrogen) atoms. The molecule has 0 bridgehead atoms. The first kappa shape index (κ1) is 22.5. The maximum atomic E-state index is 12.9. The summed E-state index contributed by atoms with van der Waals surface area (Å²) in [4.78, 5) is 25.6. The van der Waals surface area contributed by atoms with Crippen molar-refractivity contribution >= 4 is 33.5 Å². The second-order valence-electron chi connectivity index (χ2n) is 9.60. The van der Waals surface area contributed by atoms with E-state index in [2.05, 4.69) is 74.6 Å². The highest BCUT2D eigenvalue weighted by atomic mass is 16.1. The Kier molecular flexibility index (Phi) is 5.97. The zero-order valence-corrected chi connectivity index (χ0v) is 20.4. The molecule has 180 valence electrons. The van der Waals surface area contributed by atoms with Crippen LogP contribution < -0.4 is 5.32 Å². The third-order valence-electron chi connectivity index (χ3n) is 7.04. The topological polar surface area (TPSA) is 64.3 Å². The third-order valence-corrected chi connectivity index (χ3v) is 7.04. The molecule has 1 aliphatic rings. The normalized spacial score (nSPS) is 14.9. The van der Waals surface area contributed by atoms with Crippen LogP contribution in [0.1, 0.15) is 15.9 Å². The quantitative estimate of drug-likeness (QED) is 0.358. The van der Waals surface area contributed by atoms with E-state index in [0.29, 0.717) is 5.56 Å². The van der Waals surface area contributed by atoms with E-state index in [-0.39, 0.29) is 5.91 Å². The Bertz CT molecular complexity index is 1530. The molecule has 3 aromatic carbocycles. The summed E-state index contributed by atoms with van der Waals surface area (Å²) in [5, 5.41) is 5.31. The largest absolute Gasteiger partial charge is 0.339 e. The standard InChI is InChI=1S/C30H29N5O/c1-34-14-16-35(17-15-34)20-21-7-9-22(10-8-21)30(36)32-25-5-2-4-23(18-25)24-11-12-28-27(19-24)26-6-3-13-31-29(26)33-28/h2-13,18-19H,14-17,20H2,1H3,(H,31,33)(H,32,36). The van der Waals surface area contributed by atoms with E-state index >= 15 is 0 Å². The van der Waals surface area contributed by atoms with E-state index in [0.717, 1.165) is 71.5 Å². The number of benzene rings is 3. The molecule has 1 aliphatic heterocycles. The van der Waals surface area contributed by atoms with Crippen LogP contribution in [0.3, 0.4) is 0 Å². The average molecular weight is 476 g/mol. The summed E-state index contributed by atoms with van der Waals surface area (Å²) in [7, 11) is 2.17. The number of aromatic nitrogens is 2. The lowest BCUT2D eigenvalue weighted by Gasteiger charge is -2.32. The van der Waals surface area contributed by atoms with E-state index in [1.165, 1.54) is 5.56 Å². The fourth-order valence-electron chi connectivity index (χ4n) is 4.91. The number of nitrogens with zero attached hydrogens (tertiary/aromatic N) is 3. The Morgan fingerprint density at radius 1 is 0.889 bits per heavy atom. The van der Waals surface area contributed by atoms with Gasteiger partial charge in [-0.25, -0.2) is 4.98 Å². The second-order valence-corrected chi connectivity index (χ2v) is 9.60. The first-order valence-electron chi connectivity index (χ1n) is 12.4. The first-order chi connectivity index (χ1) is 17.6. The van der Waals surface area contributed by atoms with Crippen molar-refractivity contribution in [3.63, 3.8) is 0 Å². The molecule has 6 rings (SSSR count). The summed E-state index contributed by atoms with van der Waals surface area (Å²) in [6, 6.07) is 26.4. The molecule has 5 aromatic rings. The van der Waals surface area contributed by atoms with Gasteiger partial charge in [0.1, 0.15) is 5.65 Å². The van der Waals surface area contributed by atoms with Gasteiger partial charge in [-0.15, -0.1) is 0 Å². The van der Waals surface area contributed by atoms with Crippen molar-refractivity contribution in [2.45, 2.75) is 6.54 Å². The van der Waals surface area contributed by atoms with Crippen molar-refractivity contribution in [1.82, 2.24) is 19.8 Å². The van der Waals surface area contributed by atoms with Gasteiger partial charge in [-0.05, 0) is 72.3 Å². The zero-order valence-electron chi connectivity index (χ0n) is 20.4. The molecule has 0 unspecified atom stereocenters. The fourth-order valence-corrected chi connectivity index (χ4v) is 4.91. The van der Waals surface area contributed by atoms with E-state index in [1.807, 2.05) is 36.4 Å². The van der Waals surface area contributed by atoms with Gasteiger partial charge in [-0.3, -0.25) is 9.69 Å². The van der Waals surface area contributed by atoms with Gasteiger partial charge >= 0.3 is 0 Å². The number of pyridine rings is 1. The number of fused-ring (bicyclic) bond motifs is 3. The highest BCUT2D eigenvalue weighted by Crippen LogP contribution is 2.30. The number of aromatic amines is 1. The predicted octanol–water partition coefficient (Wildman–Crippen LogP) is 5.38. The van der Waals surface area contributed by atoms with E-state index < -0.39 is 0 Å². The Morgan fingerprint density at radius 2 is 1.69 bits per heavy atom. The van der Waals surface area contributed by atoms with Crippen LogP contribution in [0.5, 0.6) is 0 Å². The molecular formula is C30H29N5O. The number of H-pyrrole nitrogens is 1. The lowest BCUT2D eigenvalue weighted by atomic mass is 10.0. The maximum absolute atomic E-state index is 12.9. The summed E-state index contributed by atoms with van der Waals surface area (Å²) in [5.74, 6) is -0.101. The molecule has 1 fully saturated rings. The van der Waals surface area contributed by atoms with Crippen molar-refractivity contribution in [3.8, 4) is 11.1 Å². The van der Waals surface area contributed by atoms with Crippen LogP contribution in [0, 0.1) is 0 Å².